The number of unbranched alkanes of at least 4 members (excludes halogenated alkanes) is 2. The second-order valence-electron chi connectivity index (χ2n) is 5.27. The van der Waals surface area contributed by atoms with Crippen LogP contribution in [0.2, 0.25) is 0 Å². The van der Waals surface area contributed by atoms with Crippen LogP contribution in [0.5, 0.6) is 0 Å². The van der Waals surface area contributed by atoms with Crippen LogP contribution >= 0.6 is 11.8 Å². The van der Waals surface area contributed by atoms with Gasteiger partial charge in [0.05, 0.1) is 0 Å². The van der Waals surface area contributed by atoms with Crippen LogP contribution in [-0.2, 0) is 0 Å². The molecule has 1 fully saturated rings. The van der Waals surface area contributed by atoms with Gasteiger partial charge in [-0.15, -0.1) is 0 Å². The summed E-state index contributed by atoms with van der Waals surface area (Å²) in [6, 6.07) is 0.784. The van der Waals surface area contributed by atoms with Crippen molar-refractivity contribution in [2.45, 2.75) is 82.9 Å². The van der Waals surface area contributed by atoms with Crippen LogP contribution in [-0.4, -0.2) is 23.6 Å². The Morgan fingerprint density at radius 3 is 2.47 bits per heavy atom. The Labute approximate surface area is 113 Å². The minimum Gasteiger partial charge on any atom is -0.313 e. The van der Waals surface area contributed by atoms with Gasteiger partial charge in [-0.2, -0.15) is 11.8 Å². The Morgan fingerprint density at radius 2 is 1.76 bits per heavy atom. The number of thioether (sulfide) groups is 1. The van der Waals surface area contributed by atoms with Crippen molar-refractivity contribution in [3.63, 3.8) is 0 Å². The second kappa shape index (κ2) is 10.3. The van der Waals surface area contributed by atoms with E-state index in [1.807, 2.05) is 0 Å². The minimum atomic E-state index is 0.784. The van der Waals surface area contributed by atoms with Gasteiger partial charge in [-0.1, -0.05) is 52.4 Å². The van der Waals surface area contributed by atoms with Crippen LogP contribution in [0.4, 0.5) is 0 Å². The quantitative estimate of drug-likeness (QED) is 0.668. The lowest BCUT2D eigenvalue weighted by molar-refractivity contribution is 0.406. The van der Waals surface area contributed by atoms with Crippen LogP contribution in [0.25, 0.3) is 0 Å². The summed E-state index contributed by atoms with van der Waals surface area (Å²) in [6.07, 6.45) is 12.8. The SMILES string of the molecule is CCCCCSC1CCCCCCC1NCC. The summed E-state index contributed by atoms with van der Waals surface area (Å²) in [5.74, 6) is 1.38. The predicted molar refractivity (Wildman–Crippen MR) is 80.9 cm³/mol. The third-order valence-electron chi connectivity index (χ3n) is 3.75. The van der Waals surface area contributed by atoms with Gasteiger partial charge in [0, 0.05) is 11.3 Å². The van der Waals surface area contributed by atoms with Crippen LogP contribution in [0.1, 0.15) is 71.6 Å². The summed E-state index contributed by atoms with van der Waals surface area (Å²) in [4.78, 5) is 0. The Morgan fingerprint density at radius 1 is 1.00 bits per heavy atom. The normalized spacial score (nSPS) is 26.5. The Bertz CT molecular complexity index is 172. The van der Waals surface area contributed by atoms with Gasteiger partial charge in [0.2, 0.25) is 0 Å². The highest BCUT2D eigenvalue weighted by Gasteiger charge is 2.21. The molecule has 1 aliphatic rings. The summed E-state index contributed by atoms with van der Waals surface area (Å²) in [7, 11) is 0. The van der Waals surface area contributed by atoms with Crippen molar-refractivity contribution in [3.05, 3.63) is 0 Å². The molecule has 2 unspecified atom stereocenters. The van der Waals surface area contributed by atoms with Crippen LogP contribution in [0.15, 0.2) is 0 Å². The van der Waals surface area contributed by atoms with E-state index < -0.39 is 0 Å². The molecule has 1 rings (SSSR count). The summed E-state index contributed by atoms with van der Waals surface area (Å²) in [5.41, 5.74) is 0. The molecule has 0 aromatic carbocycles. The summed E-state index contributed by atoms with van der Waals surface area (Å²) < 4.78 is 0. The first kappa shape index (κ1) is 15.4. The number of hydrogen-bond acceptors (Lipinski definition) is 2. The first-order chi connectivity index (χ1) is 8.38. The topological polar surface area (TPSA) is 12.0 Å². The van der Waals surface area contributed by atoms with Crippen molar-refractivity contribution in [3.8, 4) is 0 Å². The molecule has 0 bridgehead atoms. The fourth-order valence-corrected chi connectivity index (χ4v) is 4.20. The fraction of sp³-hybridized carbons (Fsp3) is 1.00. The molecule has 2 heteroatoms. The van der Waals surface area contributed by atoms with E-state index in [2.05, 4.69) is 30.9 Å². The van der Waals surface area contributed by atoms with Gasteiger partial charge in [-0.25, -0.2) is 0 Å². The van der Waals surface area contributed by atoms with Gasteiger partial charge >= 0.3 is 0 Å². The van der Waals surface area contributed by atoms with Crippen molar-refractivity contribution in [2.75, 3.05) is 12.3 Å². The van der Waals surface area contributed by atoms with Gasteiger partial charge in [0.1, 0.15) is 0 Å². The maximum Gasteiger partial charge on any atom is 0.0201 e. The van der Waals surface area contributed by atoms with Crippen molar-refractivity contribution in [1.82, 2.24) is 5.32 Å². The summed E-state index contributed by atoms with van der Waals surface area (Å²) in [6.45, 7) is 5.68. The van der Waals surface area contributed by atoms with E-state index in [0.29, 0.717) is 0 Å². The Hall–Kier alpha value is 0.310. The molecule has 1 nitrogen and oxygen atoms in total. The molecule has 0 heterocycles. The third kappa shape index (κ3) is 6.71. The maximum atomic E-state index is 3.72. The van der Waals surface area contributed by atoms with Gasteiger partial charge in [-0.3, -0.25) is 0 Å². The highest BCUT2D eigenvalue weighted by atomic mass is 32.2. The molecule has 0 amide bonds. The standard InChI is InChI=1S/C15H31NS/c1-3-5-10-13-17-15-12-9-7-6-8-11-14(15)16-4-2/h14-16H,3-13H2,1-2H3. The molecular formula is C15H31NS. The van der Waals surface area contributed by atoms with E-state index in [0.717, 1.165) is 17.8 Å². The maximum absolute atomic E-state index is 3.72. The summed E-state index contributed by atoms with van der Waals surface area (Å²) >= 11 is 2.25. The minimum absolute atomic E-state index is 0.784. The van der Waals surface area contributed by atoms with Crippen molar-refractivity contribution >= 4 is 11.8 Å². The highest BCUT2D eigenvalue weighted by molar-refractivity contribution is 7.99. The first-order valence-corrected chi connectivity index (χ1v) is 8.78. The first-order valence-electron chi connectivity index (χ1n) is 7.73. The zero-order valence-electron chi connectivity index (χ0n) is 11.8. The zero-order valence-corrected chi connectivity index (χ0v) is 12.7. The molecule has 102 valence electrons. The molecule has 1 saturated carbocycles. The molecule has 0 spiro atoms. The van der Waals surface area contributed by atoms with Crippen LogP contribution in [0, 0.1) is 0 Å². The molecule has 0 aliphatic heterocycles. The zero-order chi connectivity index (χ0) is 12.3. The van der Waals surface area contributed by atoms with Crippen LogP contribution < -0.4 is 5.32 Å². The van der Waals surface area contributed by atoms with E-state index in [4.69, 9.17) is 0 Å². The van der Waals surface area contributed by atoms with Gasteiger partial charge in [0.15, 0.2) is 0 Å². The smallest absolute Gasteiger partial charge is 0.0201 e. The lowest BCUT2D eigenvalue weighted by Crippen LogP contribution is -2.39. The largest absolute Gasteiger partial charge is 0.313 e. The monoisotopic (exact) mass is 257 g/mol. The van der Waals surface area contributed by atoms with E-state index in [-0.39, 0.29) is 0 Å². The molecule has 0 saturated heterocycles. The molecule has 2 atom stereocenters. The molecule has 0 aromatic heterocycles. The van der Waals surface area contributed by atoms with E-state index >= 15 is 0 Å². The number of nitrogens with one attached hydrogen (secondary N) is 1. The van der Waals surface area contributed by atoms with Gasteiger partial charge in [0.25, 0.3) is 0 Å². The molecular weight excluding hydrogens is 226 g/mol. The molecule has 17 heavy (non-hydrogen) atoms. The molecule has 0 radical (unpaired) electrons. The van der Waals surface area contributed by atoms with E-state index in [1.165, 1.54) is 63.5 Å². The average molecular weight is 257 g/mol. The van der Waals surface area contributed by atoms with E-state index in [1.54, 1.807) is 0 Å². The third-order valence-corrected chi connectivity index (χ3v) is 5.27. The van der Waals surface area contributed by atoms with Crippen molar-refractivity contribution in [2.24, 2.45) is 0 Å². The lowest BCUT2D eigenvalue weighted by Gasteiger charge is -2.29. The summed E-state index contributed by atoms with van der Waals surface area (Å²) in [5, 5.41) is 4.60. The lowest BCUT2D eigenvalue weighted by atomic mass is 9.96. The molecule has 0 aromatic rings. The Balaban J connectivity index is 2.31. The van der Waals surface area contributed by atoms with Gasteiger partial charge < -0.3 is 5.32 Å². The fourth-order valence-electron chi connectivity index (χ4n) is 2.73. The average Bonchev–Trinajstić information content (AvgIpc) is 2.31. The highest BCUT2D eigenvalue weighted by Crippen LogP contribution is 2.28. The molecule has 1 N–H and O–H groups in total. The number of rotatable bonds is 7. The number of hydrogen-bond donors (Lipinski definition) is 1. The van der Waals surface area contributed by atoms with E-state index in [9.17, 15) is 0 Å². The molecule has 1 aliphatic carbocycles. The van der Waals surface area contributed by atoms with Crippen LogP contribution in [0.3, 0.4) is 0 Å². The van der Waals surface area contributed by atoms with Crippen molar-refractivity contribution in [1.29, 1.82) is 0 Å². The van der Waals surface area contributed by atoms with Crippen molar-refractivity contribution < 1.29 is 0 Å². The second-order valence-corrected chi connectivity index (χ2v) is 6.62. The van der Waals surface area contributed by atoms with Gasteiger partial charge in [-0.05, 0) is 31.6 Å². The Kier molecular flexibility index (Phi) is 9.27. The predicted octanol–water partition coefficient (Wildman–Crippen LogP) is 4.61.